The smallest absolute Gasteiger partial charge is 0.311 e. The highest BCUT2D eigenvalue weighted by Crippen LogP contribution is 2.36. The minimum absolute atomic E-state index is 0.186. The van der Waals surface area contributed by atoms with Gasteiger partial charge in [0.25, 0.3) is 5.91 Å². The maximum absolute atomic E-state index is 11.9. The van der Waals surface area contributed by atoms with Gasteiger partial charge in [-0.1, -0.05) is 19.3 Å². The molecule has 0 aliphatic heterocycles. The van der Waals surface area contributed by atoms with E-state index in [9.17, 15) is 14.7 Å². The van der Waals surface area contributed by atoms with Crippen LogP contribution in [0.25, 0.3) is 0 Å². The Morgan fingerprint density at radius 3 is 2.58 bits per heavy atom. The Labute approximate surface area is 112 Å². The molecule has 2 N–H and O–H groups in total. The fourth-order valence-electron chi connectivity index (χ4n) is 2.61. The Bertz CT molecular complexity index is 472. The summed E-state index contributed by atoms with van der Waals surface area (Å²) in [5, 5.41) is 12.1. The standard InChI is InChI=1S/C14H19NO4/c1-10-7-11(8-19-10)12(16)15-9-14(13(17)18)5-3-2-4-6-14/h7-8H,2-6,9H2,1H3,(H,15,16)(H,17,18). The van der Waals surface area contributed by atoms with Crippen molar-refractivity contribution in [2.24, 2.45) is 5.41 Å². The number of nitrogens with one attached hydrogen (secondary N) is 1. The lowest BCUT2D eigenvalue weighted by molar-refractivity contribution is -0.150. The molecule has 0 radical (unpaired) electrons. The number of amides is 1. The third-order valence-corrected chi connectivity index (χ3v) is 3.84. The van der Waals surface area contributed by atoms with E-state index in [4.69, 9.17) is 4.42 Å². The Morgan fingerprint density at radius 1 is 1.37 bits per heavy atom. The van der Waals surface area contributed by atoms with E-state index in [0.717, 1.165) is 19.3 Å². The number of carbonyl (C=O) groups excluding carboxylic acids is 1. The molecule has 2 rings (SSSR count). The lowest BCUT2D eigenvalue weighted by atomic mass is 9.74. The van der Waals surface area contributed by atoms with Gasteiger partial charge in [-0.25, -0.2) is 0 Å². The van der Waals surface area contributed by atoms with Crippen molar-refractivity contribution in [1.29, 1.82) is 0 Å². The molecule has 1 heterocycles. The SMILES string of the molecule is Cc1cc(C(=O)NCC2(C(=O)O)CCCCC2)co1. The molecule has 1 aromatic heterocycles. The number of carboxylic acid groups (broad SMARTS) is 1. The normalized spacial score (nSPS) is 17.9. The van der Waals surface area contributed by atoms with E-state index in [2.05, 4.69) is 5.32 Å². The van der Waals surface area contributed by atoms with Crippen LogP contribution in [0.1, 0.15) is 48.2 Å². The Balaban J connectivity index is 1.99. The van der Waals surface area contributed by atoms with E-state index in [1.807, 2.05) is 0 Å². The number of hydrogen-bond donors (Lipinski definition) is 2. The second-order valence-corrected chi connectivity index (χ2v) is 5.27. The van der Waals surface area contributed by atoms with E-state index in [0.29, 0.717) is 24.2 Å². The highest BCUT2D eigenvalue weighted by molar-refractivity contribution is 5.94. The lowest BCUT2D eigenvalue weighted by Gasteiger charge is -2.33. The molecule has 1 fully saturated rings. The van der Waals surface area contributed by atoms with Gasteiger partial charge in [0.15, 0.2) is 0 Å². The largest absolute Gasteiger partial charge is 0.481 e. The first kappa shape index (κ1) is 13.6. The van der Waals surface area contributed by atoms with Crippen molar-refractivity contribution in [3.8, 4) is 0 Å². The zero-order valence-corrected chi connectivity index (χ0v) is 11.1. The summed E-state index contributed by atoms with van der Waals surface area (Å²) in [5.41, 5.74) is -0.360. The molecule has 0 spiro atoms. The summed E-state index contributed by atoms with van der Waals surface area (Å²) in [7, 11) is 0. The van der Waals surface area contributed by atoms with Crippen LogP contribution >= 0.6 is 0 Å². The van der Waals surface area contributed by atoms with E-state index < -0.39 is 11.4 Å². The third kappa shape index (κ3) is 2.97. The fraction of sp³-hybridized carbons (Fsp3) is 0.571. The molecule has 1 saturated carbocycles. The van der Waals surface area contributed by atoms with Crippen LogP contribution in [0.15, 0.2) is 16.7 Å². The van der Waals surface area contributed by atoms with Crippen molar-refractivity contribution in [3.05, 3.63) is 23.7 Å². The van der Waals surface area contributed by atoms with Gasteiger partial charge in [-0.15, -0.1) is 0 Å². The summed E-state index contributed by atoms with van der Waals surface area (Å²) >= 11 is 0. The van der Waals surface area contributed by atoms with Crippen LogP contribution in [0.3, 0.4) is 0 Å². The predicted octanol–water partition coefficient (Wildman–Crippen LogP) is 2.35. The minimum Gasteiger partial charge on any atom is -0.481 e. The first-order chi connectivity index (χ1) is 9.03. The maximum atomic E-state index is 11.9. The monoisotopic (exact) mass is 265 g/mol. The highest BCUT2D eigenvalue weighted by Gasteiger charge is 2.39. The van der Waals surface area contributed by atoms with Gasteiger partial charge in [0, 0.05) is 6.54 Å². The van der Waals surface area contributed by atoms with Gasteiger partial charge >= 0.3 is 5.97 Å². The van der Waals surface area contributed by atoms with Crippen LogP contribution in [-0.2, 0) is 4.79 Å². The summed E-state index contributed by atoms with van der Waals surface area (Å²) in [6.07, 6.45) is 5.54. The molecule has 1 amide bonds. The first-order valence-corrected chi connectivity index (χ1v) is 6.60. The van der Waals surface area contributed by atoms with Crippen LogP contribution in [0.5, 0.6) is 0 Å². The van der Waals surface area contributed by atoms with Crippen LogP contribution in [-0.4, -0.2) is 23.5 Å². The van der Waals surface area contributed by atoms with Gasteiger partial charge < -0.3 is 14.8 Å². The Kier molecular flexibility index (Phi) is 3.93. The number of carboxylic acids is 1. The van der Waals surface area contributed by atoms with Crippen LogP contribution in [0.4, 0.5) is 0 Å². The zero-order chi connectivity index (χ0) is 13.9. The predicted molar refractivity (Wildman–Crippen MR) is 68.9 cm³/mol. The van der Waals surface area contributed by atoms with E-state index in [1.54, 1.807) is 13.0 Å². The molecule has 0 bridgehead atoms. The molecule has 0 unspecified atom stereocenters. The quantitative estimate of drug-likeness (QED) is 0.875. The number of hydrogen-bond acceptors (Lipinski definition) is 3. The molecule has 0 atom stereocenters. The van der Waals surface area contributed by atoms with Crippen molar-refractivity contribution < 1.29 is 19.1 Å². The summed E-state index contributed by atoms with van der Waals surface area (Å²) in [5.74, 6) is -0.422. The molecule has 0 aromatic carbocycles. The zero-order valence-electron chi connectivity index (χ0n) is 11.1. The number of aryl methyl sites for hydroxylation is 1. The summed E-state index contributed by atoms with van der Waals surface area (Å²) in [6, 6.07) is 1.64. The summed E-state index contributed by atoms with van der Waals surface area (Å²) in [6.45, 7) is 1.95. The van der Waals surface area contributed by atoms with Crippen LogP contribution < -0.4 is 5.32 Å². The molecule has 19 heavy (non-hydrogen) atoms. The van der Waals surface area contributed by atoms with E-state index in [-0.39, 0.29) is 12.5 Å². The van der Waals surface area contributed by atoms with Crippen molar-refractivity contribution in [1.82, 2.24) is 5.32 Å². The van der Waals surface area contributed by atoms with Crippen LogP contribution in [0, 0.1) is 12.3 Å². The number of furan rings is 1. The Morgan fingerprint density at radius 2 is 2.05 bits per heavy atom. The van der Waals surface area contributed by atoms with Gasteiger partial charge in [0.2, 0.25) is 0 Å². The summed E-state index contributed by atoms with van der Waals surface area (Å²) in [4.78, 5) is 23.4. The van der Waals surface area contributed by atoms with E-state index in [1.165, 1.54) is 6.26 Å². The van der Waals surface area contributed by atoms with Gasteiger partial charge in [-0.3, -0.25) is 9.59 Å². The molecule has 5 nitrogen and oxygen atoms in total. The molecule has 1 aliphatic carbocycles. The lowest BCUT2D eigenvalue weighted by Crippen LogP contribution is -2.44. The average molecular weight is 265 g/mol. The van der Waals surface area contributed by atoms with Crippen molar-refractivity contribution in [3.63, 3.8) is 0 Å². The second kappa shape index (κ2) is 5.47. The first-order valence-electron chi connectivity index (χ1n) is 6.60. The van der Waals surface area contributed by atoms with Crippen molar-refractivity contribution in [2.75, 3.05) is 6.54 Å². The van der Waals surface area contributed by atoms with Gasteiger partial charge in [0.05, 0.1) is 11.0 Å². The van der Waals surface area contributed by atoms with Gasteiger partial charge in [-0.2, -0.15) is 0 Å². The molecule has 1 aromatic rings. The number of rotatable bonds is 4. The van der Waals surface area contributed by atoms with Crippen molar-refractivity contribution in [2.45, 2.75) is 39.0 Å². The van der Waals surface area contributed by atoms with Crippen molar-refractivity contribution >= 4 is 11.9 Å². The third-order valence-electron chi connectivity index (χ3n) is 3.84. The number of aliphatic carboxylic acids is 1. The molecule has 5 heteroatoms. The molecule has 0 saturated heterocycles. The molecule has 1 aliphatic rings. The van der Waals surface area contributed by atoms with E-state index >= 15 is 0 Å². The average Bonchev–Trinajstić information content (AvgIpc) is 2.83. The van der Waals surface area contributed by atoms with Gasteiger partial charge in [-0.05, 0) is 25.8 Å². The summed E-state index contributed by atoms with van der Waals surface area (Å²) < 4.78 is 5.07. The molecular weight excluding hydrogens is 246 g/mol. The topological polar surface area (TPSA) is 79.5 Å². The minimum atomic E-state index is -0.809. The van der Waals surface area contributed by atoms with Crippen LogP contribution in [0.2, 0.25) is 0 Å². The fourth-order valence-corrected chi connectivity index (χ4v) is 2.61. The molecular formula is C14H19NO4. The maximum Gasteiger partial charge on any atom is 0.311 e. The number of carbonyl (C=O) groups is 2. The molecule has 104 valence electrons. The Hall–Kier alpha value is -1.78. The second-order valence-electron chi connectivity index (χ2n) is 5.27. The highest BCUT2D eigenvalue weighted by atomic mass is 16.4. The van der Waals surface area contributed by atoms with Gasteiger partial charge in [0.1, 0.15) is 12.0 Å².